The van der Waals surface area contributed by atoms with Crippen molar-refractivity contribution in [2.45, 2.75) is 32.7 Å². The minimum absolute atomic E-state index is 0.0747. The summed E-state index contributed by atoms with van der Waals surface area (Å²) in [6.07, 6.45) is 4.63. The van der Waals surface area contributed by atoms with Gasteiger partial charge in [-0.25, -0.2) is 0 Å². The van der Waals surface area contributed by atoms with Gasteiger partial charge in [-0.1, -0.05) is 36.3 Å². The number of fused-ring (bicyclic) bond motifs is 1. The lowest BCUT2D eigenvalue weighted by molar-refractivity contribution is 0.0713. The maximum absolute atomic E-state index is 13.1. The summed E-state index contributed by atoms with van der Waals surface area (Å²) in [6, 6.07) is 8.30. The van der Waals surface area contributed by atoms with E-state index in [2.05, 4.69) is 28.5 Å². The zero-order chi connectivity index (χ0) is 18.3. The van der Waals surface area contributed by atoms with Gasteiger partial charge in [0.05, 0.1) is 6.20 Å². The molecule has 0 fully saturated rings. The fraction of sp³-hybridized carbons (Fsp3) is 0.350. The molecule has 1 aromatic carbocycles. The molecule has 0 radical (unpaired) electrons. The Balaban J connectivity index is 1.70. The molecule has 0 spiro atoms. The molecule has 0 N–H and O–H groups in total. The summed E-state index contributed by atoms with van der Waals surface area (Å²) in [5.41, 5.74) is 4.80. The molecular weight excluding hydrogens is 328 g/mol. The lowest BCUT2D eigenvalue weighted by Gasteiger charge is -2.34. The summed E-state index contributed by atoms with van der Waals surface area (Å²) in [5.74, 6) is 0.805. The molecule has 26 heavy (non-hydrogen) atoms. The summed E-state index contributed by atoms with van der Waals surface area (Å²) in [4.78, 5) is 15.0. The Morgan fingerprint density at radius 2 is 2.15 bits per heavy atom. The van der Waals surface area contributed by atoms with Crippen LogP contribution in [0.3, 0.4) is 0 Å². The first-order chi connectivity index (χ1) is 12.6. The van der Waals surface area contributed by atoms with E-state index in [1.807, 2.05) is 44.3 Å². The Labute approximate surface area is 152 Å². The van der Waals surface area contributed by atoms with Crippen molar-refractivity contribution in [2.75, 3.05) is 6.54 Å². The molecule has 6 heteroatoms. The zero-order valence-electron chi connectivity index (χ0n) is 15.3. The lowest BCUT2D eigenvalue weighted by atomic mass is 9.86. The number of hydrogen-bond acceptors (Lipinski definition) is 4. The summed E-state index contributed by atoms with van der Waals surface area (Å²) >= 11 is 0. The van der Waals surface area contributed by atoms with Gasteiger partial charge in [0.2, 0.25) is 0 Å². The van der Waals surface area contributed by atoms with E-state index in [-0.39, 0.29) is 11.8 Å². The van der Waals surface area contributed by atoms with Crippen LogP contribution in [0.25, 0.3) is 0 Å². The zero-order valence-corrected chi connectivity index (χ0v) is 15.3. The summed E-state index contributed by atoms with van der Waals surface area (Å²) in [7, 11) is 1.91. The first kappa shape index (κ1) is 16.6. The quantitative estimate of drug-likeness (QED) is 0.728. The maximum atomic E-state index is 13.1. The van der Waals surface area contributed by atoms with E-state index >= 15 is 0 Å². The standard InChI is InChI=1S/C20H22N4O2/c1-4-18-13(2)19(22-26-18)20(25)24-11-14-7-5-6-8-16(14)17(12-24)15-9-21-23(3)10-15/h5-10,17H,4,11-12H2,1-3H3. The summed E-state index contributed by atoms with van der Waals surface area (Å²) in [6.45, 7) is 5.09. The van der Waals surface area contributed by atoms with Crippen LogP contribution in [0, 0.1) is 6.92 Å². The molecular formula is C20H22N4O2. The van der Waals surface area contributed by atoms with Gasteiger partial charge < -0.3 is 9.42 Å². The van der Waals surface area contributed by atoms with E-state index in [0.29, 0.717) is 18.8 Å². The second-order valence-corrected chi connectivity index (χ2v) is 6.82. The number of carbonyl (C=O) groups is 1. The molecule has 134 valence electrons. The minimum atomic E-state index is -0.0747. The topological polar surface area (TPSA) is 64.2 Å². The van der Waals surface area contributed by atoms with Crippen molar-refractivity contribution in [3.8, 4) is 0 Å². The third-order valence-electron chi connectivity index (χ3n) is 5.15. The van der Waals surface area contributed by atoms with Crippen LogP contribution in [0.4, 0.5) is 0 Å². The van der Waals surface area contributed by atoms with Gasteiger partial charge in [0.25, 0.3) is 5.91 Å². The van der Waals surface area contributed by atoms with E-state index in [1.54, 1.807) is 4.68 Å². The van der Waals surface area contributed by atoms with Crippen molar-refractivity contribution in [2.24, 2.45) is 7.05 Å². The van der Waals surface area contributed by atoms with Crippen LogP contribution in [0.15, 0.2) is 41.2 Å². The van der Waals surface area contributed by atoms with E-state index in [0.717, 1.165) is 28.9 Å². The van der Waals surface area contributed by atoms with Gasteiger partial charge in [0.15, 0.2) is 5.69 Å². The Hall–Kier alpha value is -2.89. The molecule has 3 heterocycles. The number of aryl methyl sites for hydroxylation is 2. The van der Waals surface area contributed by atoms with E-state index < -0.39 is 0 Å². The number of nitrogens with zero attached hydrogens (tertiary/aromatic N) is 4. The van der Waals surface area contributed by atoms with E-state index in [4.69, 9.17) is 4.52 Å². The number of amides is 1. The Morgan fingerprint density at radius 3 is 2.85 bits per heavy atom. The number of carbonyl (C=O) groups excluding carboxylic acids is 1. The molecule has 1 amide bonds. The van der Waals surface area contributed by atoms with Crippen LogP contribution < -0.4 is 0 Å². The first-order valence-electron chi connectivity index (χ1n) is 8.89. The minimum Gasteiger partial charge on any atom is -0.360 e. The molecule has 0 bridgehead atoms. The van der Waals surface area contributed by atoms with Crippen LogP contribution in [0.5, 0.6) is 0 Å². The highest BCUT2D eigenvalue weighted by Gasteiger charge is 2.32. The molecule has 0 saturated heterocycles. The lowest BCUT2D eigenvalue weighted by Crippen LogP contribution is -2.39. The Bertz CT molecular complexity index is 956. The summed E-state index contributed by atoms with van der Waals surface area (Å²) in [5, 5.41) is 8.34. The van der Waals surface area contributed by atoms with Crippen molar-refractivity contribution in [1.29, 1.82) is 0 Å². The first-order valence-corrected chi connectivity index (χ1v) is 8.89. The average Bonchev–Trinajstić information content (AvgIpc) is 3.25. The van der Waals surface area contributed by atoms with Crippen molar-refractivity contribution in [3.63, 3.8) is 0 Å². The fourth-order valence-corrected chi connectivity index (χ4v) is 3.72. The average molecular weight is 350 g/mol. The van der Waals surface area contributed by atoms with Crippen molar-refractivity contribution in [1.82, 2.24) is 19.8 Å². The van der Waals surface area contributed by atoms with Crippen LogP contribution in [0.2, 0.25) is 0 Å². The number of aromatic nitrogens is 3. The van der Waals surface area contributed by atoms with Crippen LogP contribution in [-0.2, 0) is 20.0 Å². The molecule has 6 nitrogen and oxygen atoms in total. The normalized spacial score (nSPS) is 16.6. The highest BCUT2D eigenvalue weighted by Crippen LogP contribution is 2.34. The third-order valence-corrected chi connectivity index (χ3v) is 5.15. The molecule has 0 saturated carbocycles. The predicted molar refractivity (Wildman–Crippen MR) is 96.9 cm³/mol. The predicted octanol–water partition coefficient (Wildman–Crippen LogP) is 3.07. The van der Waals surface area contributed by atoms with Gasteiger partial charge in [-0.05, 0) is 23.6 Å². The van der Waals surface area contributed by atoms with E-state index in [1.165, 1.54) is 5.56 Å². The molecule has 3 aromatic rings. The van der Waals surface area contributed by atoms with Gasteiger partial charge in [-0.15, -0.1) is 0 Å². The number of benzene rings is 1. The van der Waals surface area contributed by atoms with Crippen molar-refractivity contribution >= 4 is 5.91 Å². The summed E-state index contributed by atoms with van der Waals surface area (Å²) < 4.78 is 7.13. The van der Waals surface area contributed by atoms with Crippen molar-refractivity contribution in [3.05, 3.63) is 70.4 Å². The van der Waals surface area contributed by atoms with Gasteiger partial charge in [0, 0.05) is 44.2 Å². The Kier molecular flexibility index (Phi) is 4.11. The highest BCUT2D eigenvalue weighted by atomic mass is 16.5. The fourth-order valence-electron chi connectivity index (χ4n) is 3.72. The molecule has 1 atom stereocenters. The Morgan fingerprint density at radius 1 is 1.35 bits per heavy atom. The molecule has 2 aromatic heterocycles. The molecule has 0 aliphatic carbocycles. The van der Waals surface area contributed by atoms with Crippen LogP contribution in [-0.4, -0.2) is 32.3 Å². The smallest absolute Gasteiger partial charge is 0.276 e. The van der Waals surface area contributed by atoms with Crippen molar-refractivity contribution < 1.29 is 9.32 Å². The molecule has 1 aliphatic rings. The SMILES string of the molecule is CCc1onc(C(=O)N2Cc3ccccc3C(c3cnn(C)c3)C2)c1C. The van der Waals surface area contributed by atoms with Gasteiger partial charge >= 0.3 is 0 Å². The number of hydrogen-bond donors (Lipinski definition) is 0. The second-order valence-electron chi connectivity index (χ2n) is 6.82. The highest BCUT2D eigenvalue weighted by molar-refractivity contribution is 5.94. The molecule has 1 unspecified atom stereocenters. The maximum Gasteiger partial charge on any atom is 0.276 e. The molecule has 1 aliphatic heterocycles. The third kappa shape index (κ3) is 2.71. The van der Waals surface area contributed by atoms with Crippen LogP contribution in [0.1, 0.15) is 51.3 Å². The van der Waals surface area contributed by atoms with Gasteiger partial charge in [-0.3, -0.25) is 9.48 Å². The monoisotopic (exact) mass is 350 g/mol. The van der Waals surface area contributed by atoms with Gasteiger partial charge in [0.1, 0.15) is 5.76 Å². The van der Waals surface area contributed by atoms with E-state index in [9.17, 15) is 4.79 Å². The number of rotatable bonds is 3. The molecule has 4 rings (SSSR count). The van der Waals surface area contributed by atoms with Gasteiger partial charge in [-0.2, -0.15) is 5.10 Å². The largest absolute Gasteiger partial charge is 0.360 e. The second kappa shape index (κ2) is 6.44. The van der Waals surface area contributed by atoms with Crippen LogP contribution >= 0.6 is 0 Å².